The van der Waals surface area contributed by atoms with Crippen LogP contribution in [0.4, 0.5) is 5.69 Å². The fraction of sp³-hybridized carbons (Fsp3) is 0.286. The predicted molar refractivity (Wildman–Crippen MR) is 85.5 cm³/mol. The Morgan fingerprint density at radius 3 is 2.48 bits per heavy atom. The Balaban J connectivity index is 2.28. The molecule has 1 atom stereocenters. The summed E-state index contributed by atoms with van der Waals surface area (Å²) >= 11 is 3.23. The Hall–Kier alpha value is -1.31. The molecule has 0 spiro atoms. The van der Waals surface area contributed by atoms with Crippen molar-refractivity contribution in [3.05, 3.63) is 45.8 Å². The molecule has 0 fully saturated rings. The van der Waals surface area contributed by atoms with Crippen molar-refractivity contribution < 1.29 is 12.8 Å². The van der Waals surface area contributed by atoms with Gasteiger partial charge in [-0.25, -0.2) is 13.1 Å². The van der Waals surface area contributed by atoms with E-state index in [1.54, 1.807) is 13.0 Å². The molecule has 3 N–H and O–H groups in total. The molecule has 0 amide bonds. The molecule has 21 heavy (non-hydrogen) atoms. The average Bonchev–Trinajstić information content (AvgIpc) is 2.71. The summed E-state index contributed by atoms with van der Waals surface area (Å²) in [5.41, 5.74) is 6.99. The summed E-state index contributed by atoms with van der Waals surface area (Å²) < 4.78 is 33.4. The maximum Gasteiger partial charge on any atom is 0.241 e. The molecule has 2 rings (SSSR count). The van der Waals surface area contributed by atoms with Gasteiger partial charge in [0.2, 0.25) is 10.0 Å². The van der Waals surface area contributed by atoms with E-state index in [2.05, 4.69) is 20.7 Å². The van der Waals surface area contributed by atoms with Gasteiger partial charge in [0, 0.05) is 21.8 Å². The first kappa shape index (κ1) is 16.1. The van der Waals surface area contributed by atoms with E-state index >= 15 is 0 Å². The van der Waals surface area contributed by atoms with Gasteiger partial charge in [-0.05, 0) is 61.0 Å². The molecular weight excluding hydrogens is 356 g/mol. The summed E-state index contributed by atoms with van der Waals surface area (Å²) in [6.45, 7) is 5.42. The third-order valence-corrected chi connectivity index (χ3v) is 5.39. The number of nitrogens with one attached hydrogen (secondary N) is 1. The van der Waals surface area contributed by atoms with E-state index in [1.165, 1.54) is 12.1 Å². The van der Waals surface area contributed by atoms with Crippen LogP contribution in [-0.2, 0) is 10.0 Å². The molecule has 0 saturated carbocycles. The highest BCUT2D eigenvalue weighted by Crippen LogP contribution is 2.26. The standard InChI is InChI=1S/C14H17BrN2O3S/c1-8-6-12(10(3)20-8)9(2)17-21(18,19)11-4-5-14(16)13(15)7-11/h4-7,9,17H,16H2,1-3H3. The van der Waals surface area contributed by atoms with Crippen LogP contribution in [0.3, 0.4) is 0 Å². The molecule has 7 heteroatoms. The second kappa shape index (κ2) is 5.82. The molecule has 2 aromatic rings. The number of halogens is 1. The van der Waals surface area contributed by atoms with Crippen molar-refractivity contribution in [2.24, 2.45) is 0 Å². The lowest BCUT2D eigenvalue weighted by Gasteiger charge is -2.14. The maximum absolute atomic E-state index is 12.4. The molecule has 1 unspecified atom stereocenters. The van der Waals surface area contributed by atoms with Crippen molar-refractivity contribution in [3.8, 4) is 0 Å². The van der Waals surface area contributed by atoms with E-state index in [1.807, 2.05) is 19.9 Å². The number of sulfonamides is 1. The second-order valence-corrected chi connectivity index (χ2v) is 7.46. The van der Waals surface area contributed by atoms with Crippen LogP contribution in [0, 0.1) is 13.8 Å². The van der Waals surface area contributed by atoms with E-state index < -0.39 is 10.0 Å². The molecule has 0 radical (unpaired) electrons. The van der Waals surface area contributed by atoms with Crippen LogP contribution in [0.1, 0.15) is 30.0 Å². The number of benzene rings is 1. The fourth-order valence-electron chi connectivity index (χ4n) is 2.12. The maximum atomic E-state index is 12.4. The van der Waals surface area contributed by atoms with Gasteiger partial charge < -0.3 is 10.2 Å². The van der Waals surface area contributed by atoms with Crippen LogP contribution in [-0.4, -0.2) is 8.42 Å². The Labute approximate surface area is 132 Å². The quantitative estimate of drug-likeness (QED) is 0.806. The second-order valence-electron chi connectivity index (χ2n) is 4.89. The number of hydrogen-bond donors (Lipinski definition) is 2. The van der Waals surface area contributed by atoms with Crippen LogP contribution >= 0.6 is 15.9 Å². The number of nitrogen functional groups attached to an aromatic ring is 1. The van der Waals surface area contributed by atoms with Crippen LogP contribution in [0.2, 0.25) is 0 Å². The van der Waals surface area contributed by atoms with Crippen molar-refractivity contribution in [1.82, 2.24) is 4.72 Å². The minimum atomic E-state index is -3.63. The summed E-state index contributed by atoms with van der Waals surface area (Å²) in [4.78, 5) is 0.160. The normalized spacial score (nSPS) is 13.3. The summed E-state index contributed by atoms with van der Waals surface area (Å²) in [6.07, 6.45) is 0. The highest BCUT2D eigenvalue weighted by Gasteiger charge is 2.21. The number of aryl methyl sites for hydroxylation is 2. The molecule has 0 aliphatic carbocycles. The molecule has 0 aliphatic rings. The number of nitrogens with two attached hydrogens (primary N) is 1. The number of hydrogen-bond acceptors (Lipinski definition) is 4. The number of anilines is 1. The van der Waals surface area contributed by atoms with Gasteiger partial charge in [-0.15, -0.1) is 0 Å². The first-order chi connectivity index (χ1) is 9.70. The zero-order chi connectivity index (χ0) is 15.8. The van der Waals surface area contributed by atoms with E-state index in [9.17, 15) is 8.42 Å². The molecule has 0 aliphatic heterocycles. The van der Waals surface area contributed by atoms with Gasteiger partial charge in [-0.3, -0.25) is 0 Å². The highest BCUT2D eigenvalue weighted by atomic mass is 79.9. The molecule has 0 bridgehead atoms. The SMILES string of the molecule is Cc1cc(C(C)NS(=O)(=O)c2ccc(N)c(Br)c2)c(C)o1. The molecular formula is C14H17BrN2O3S. The Kier molecular flexibility index (Phi) is 4.46. The third-order valence-electron chi connectivity index (χ3n) is 3.16. The van der Waals surface area contributed by atoms with E-state index in [-0.39, 0.29) is 10.9 Å². The summed E-state index contributed by atoms with van der Waals surface area (Å²) in [6, 6.07) is 5.96. The van der Waals surface area contributed by atoms with Gasteiger partial charge in [0.15, 0.2) is 0 Å². The molecule has 1 aromatic heterocycles. The lowest BCUT2D eigenvalue weighted by molar-refractivity contribution is 0.496. The minimum absolute atomic E-state index is 0.160. The van der Waals surface area contributed by atoms with Crippen molar-refractivity contribution in [1.29, 1.82) is 0 Å². The predicted octanol–water partition coefficient (Wildman–Crippen LogP) is 3.28. The zero-order valence-corrected chi connectivity index (χ0v) is 14.4. The van der Waals surface area contributed by atoms with Crippen molar-refractivity contribution in [2.75, 3.05) is 5.73 Å². The summed E-state index contributed by atoms with van der Waals surface area (Å²) in [5, 5.41) is 0. The van der Waals surface area contributed by atoms with Gasteiger partial charge in [0.25, 0.3) is 0 Å². The van der Waals surface area contributed by atoms with Crippen LogP contribution in [0.15, 0.2) is 38.1 Å². The monoisotopic (exact) mass is 372 g/mol. The molecule has 114 valence electrons. The van der Waals surface area contributed by atoms with Gasteiger partial charge >= 0.3 is 0 Å². The van der Waals surface area contributed by atoms with Crippen LogP contribution in [0.5, 0.6) is 0 Å². The van der Waals surface area contributed by atoms with E-state index in [0.717, 1.165) is 11.3 Å². The van der Waals surface area contributed by atoms with Crippen molar-refractivity contribution in [2.45, 2.75) is 31.7 Å². The van der Waals surface area contributed by atoms with E-state index in [4.69, 9.17) is 10.2 Å². The number of furan rings is 1. The Bertz CT molecular complexity index is 769. The first-order valence-corrected chi connectivity index (χ1v) is 8.62. The van der Waals surface area contributed by atoms with E-state index in [0.29, 0.717) is 15.9 Å². The summed E-state index contributed by atoms with van der Waals surface area (Å²) in [7, 11) is -3.63. The lowest BCUT2D eigenvalue weighted by atomic mass is 10.1. The van der Waals surface area contributed by atoms with Gasteiger partial charge in [-0.2, -0.15) is 0 Å². The topological polar surface area (TPSA) is 85.3 Å². The Morgan fingerprint density at radius 2 is 1.95 bits per heavy atom. The van der Waals surface area contributed by atoms with Crippen molar-refractivity contribution in [3.63, 3.8) is 0 Å². The van der Waals surface area contributed by atoms with Gasteiger partial charge in [0.05, 0.1) is 4.90 Å². The van der Waals surface area contributed by atoms with Crippen molar-refractivity contribution >= 4 is 31.6 Å². The highest BCUT2D eigenvalue weighted by molar-refractivity contribution is 9.10. The number of rotatable bonds is 4. The largest absolute Gasteiger partial charge is 0.466 e. The molecule has 0 saturated heterocycles. The lowest BCUT2D eigenvalue weighted by Crippen LogP contribution is -2.27. The first-order valence-electron chi connectivity index (χ1n) is 6.35. The van der Waals surface area contributed by atoms with Gasteiger partial charge in [-0.1, -0.05) is 0 Å². The smallest absolute Gasteiger partial charge is 0.241 e. The molecule has 5 nitrogen and oxygen atoms in total. The van der Waals surface area contributed by atoms with Crippen LogP contribution in [0.25, 0.3) is 0 Å². The third kappa shape index (κ3) is 3.48. The minimum Gasteiger partial charge on any atom is -0.466 e. The average molecular weight is 373 g/mol. The summed E-state index contributed by atoms with van der Waals surface area (Å²) in [5.74, 6) is 1.46. The molecule has 1 aromatic carbocycles. The van der Waals surface area contributed by atoms with Crippen LogP contribution < -0.4 is 10.5 Å². The Morgan fingerprint density at radius 1 is 1.29 bits per heavy atom. The zero-order valence-electron chi connectivity index (χ0n) is 12.0. The fourth-order valence-corrected chi connectivity index (χ4v) is 3.90. The molecule has 1 heterocycles. The van der Waals surface area contributed by atoms with Gasteiger partial charge in [0.1, 0.15) is 11.5 Å².